The van der Waals surface area contributed by atoms with Crippen molar-refractivity contribution in [1.29, 1.82) is 0 Å². The quantitative estimate of drug-likeness (QED) is 0.565. The molecule has 3 heterocycles. The molecule has 32 heavy (non-hydrogen) atoms. The highest BCUT2D eigenvalue weighted by molar-refractivity contribution is 6.62. The summed E-state index contributed by atoms with van der Waals surface area (Å²) in [5.74, 6) is -6.73. The summed E-state index contributed by atoms with van der Waals surface area (Å²) in [6.45, 7) is 11.0. The number of carbonyl (C=O) groups is 1. The van der Waals surface area contributed by atoms with Crippen LogP contribution in [0.1, 0.15) is 53.7 Å². The van der Waals surface area contributed by atoms with Crippen molar-refractivity contribution in [1.82, 2.24) is 4.98 Å². The molecule has 1 saturated carbocycles. The van der Waals surface area contributed by atoms with Crippen molar-refractivity contribution in [3.8, 4) is 0 Å². The molecule has 2 saturated heterocycles. The van der Waals surface area contributed by atoms with E-state index in [1.807, 2.05) is 33.8 Å². The second-order valence-electron chi connectivity index (χ2n) is 10.3. The first kappa shape index (κ1) is 23.3. The van der Waals surface area contributed by atoms with Crippen molar-refractivity contribution in [2.24, 2.45) is 17.8 Å². The van der Waals surface area contributed by atoms with Gasteiger partial charge >= 0.3 is 13.1 Å². The summed E-state index contributed by atoms with van der Waals surface area (Å²) in [7, 11) is -0.542. The minimum absolute atomic E-state index is 0.465. The summed E-state index contributed by atoms with van der Waals surface area (Å²) in [6, 6.07) is 3.59. The molecule has 3 aliphatic rings. The van der Waals surface area contributed by atoms with E-state index in [1.165, 1.54) is 6.92 Å². The number of carbonyl (C=O) groups excluding carboxylic acids is 1. The molecule has 6 nitrogen and oxygen atoms in total. The van der Waals surface area contributed by atoms with Crippen LogP contribution in [0, 0.1) is 17.8 Å². The zero-order valence-electron chi connectivity index (χ0n) is 19.3. The van der Waals surface area contributed by atoms with Gasteiger partial charge in [-0.1, -0.05) is 19.1 Å². The lowest BCUT2D eigenvalue weighted by Crippen LogP contribution is -2.57. The summed E-state index contributed by atoms with van der Waals surface area (Å²) in [5, 5.41) is 10.8. The van der Waals surface area contributed by atoms with Crippen LogP contribution in [-0.4, -0.2) is 52.0 Å². The lowest BCUT2D eigenvalue weighted by molar-refractivity contribution is -0.193. The van der Waals surface area contributed by atoms with Crippen LogP contribution < -0.4 is 5.46 Å². The highest BCUT2D eigenvalue weighted by Gasteiger charge is 2.67. The van der Waals surface area contributed by atoms with Gasteiger partial charge in [0.15, 0.2) is 5.60 Å². The summed E-state index contributed by atoms with van der Waals surface area (Å²) < 4.78 is 46.5. The van der Waals surface area contributed by atoms with Crippen molar-refractivity contribution in [3.63, 3.8) is 0 Å². The molecule has 4 rings (SSSR count). The van der Waals surface area contributed by atoms with Crippen molar-refractivity contribution in [2.45, 2.75) is 76.8 Å². The summed E-state index contributed by atoms with van der Waals surface area (Å²) >= 11 is 0. The van der Waals surface area contributed by atoms with Crippen molar-refractivity contribution in [2.75, 3.05) is 0 Å². The van der Waals surface area contributed by atoms with Gasteiger partial charge in [-0.05, 0) is 52.7 Å². The molecular formula is C23H30BF2NO5. The molecule has 1 N–H and O–H groups in total. The van der Waals surface area contributed by atoms with Gasteiger partial charge in [-0.25, -0.2) is 13.6 Å². The summed E-state index contributed by atoms with van der Waals surface area (Å²) in [5.41, 5.74) is -1.79. The van der Waals surface area contributed by atoms with Gasteiger partial charge in [0.05, 0.1) is 23.3 Å². The second-order valence-corrected chi connectivity index (χ2v) is 10.3. The van der Waals surface area contributed by atoms with Crippen molar-refractivity contribution < 1.29 is 32.7 Å². The molecule has 1 aromatic rings. The Bertz CT molecular complexity index is 919. The molecule has 3 fully saturated rings. The smallest absolute Gasteiger partial charge is 0.460 e. The van der Waals surface area contributed by atoms with Crippen molar-refractivity contribution in [3.05, 3.63) is 30.1 Å². The lowest BCUT2D eigenvalue weighted by atomic mass is 9.62. The predicted molar refractivity (Wildman–Crippen MR) is 115 cm³/mol. The molecular weight excluding hydrogens is 419 g/mol. The number of allylic oxidation sites excluding steroid dienone is 1. The molecule has 2 aliphatic heterocycles. The highest BCUT2D eigenvalue weighted by Crippen LogP contribution is 2.54. The van der Waals surface area contributed by atoms with E-state index in [0.29, 0.717) is 5.69 Å². The standard InChI is InChI=1S/C23H30BF2NO5/c1-13-17(18-14(2)30-19(28)22(18,29)12-23(13,25)26)10-9-16-8-7-15(11-27-16)24-31-20(3,4)21(5,6)32-24/h7-11,13-14,17-18,29H,12H2,1-6H3/b10-9+/t13-,14+,17-,18-,22-/m0/s1. The minimum Gasteiger partial charge on any atom is -0.460 e. The number of alkyl halides is 2. The van der Waals surface area contributed by atoms with Gasteiger partial charge in [0.1, 0.15) is 6.10 Å². The van der Waals surface area contributed by atoms with E-state index in [9.17, 15) is 18.7 Å². The fourth-order valence-corrected chi connectivity index (χ4v) is 4.93. The zero-order valence-corrected chi connectivity index (χ0v) is 19.3. The van der Waals surface area contributed by atoms with Gasteiger partial charge in [-0.3, -0.25) is 4.98 Å². The first-order valence-corrected chi connectivity index (χ1v) is 11.0. The average molecular weight is 449 g/mol. The molecule has 5 atom stereocenters. The summed E-state index contributed by atoms with van der Waals surface area (Å²) in [6.07, 6.45) is 3.33. The molecule has 9 heteroatoms. The van der Waals surface area contributed by atoms with E-state index in [0.717, 1.165) is 5.46 Å². The van der Waals surface area contributed by atoms with Crippen LogP contribution in [0.5, 0.6) is 0 Å². The monoisotopic (exact) mass is 449 g/mol. The number of hydrogen-bond acceptors (Lipinski definition) is 6. The minimum atomic E-state index is -3.20. The predicted octanol–water partition coefficient (Wildman–Crippen LogP) is 2.98. The van der Waals surface area contributed by atoms with E-state index in [-0.39, 0.29) is 0 Å². The fourth-order valence-electron chi connectivity index (χ4n) is 4.93. The van der Waals surface area contributed by atoms with Gasteiger partial charge in [0.25, 0.3) is 5.92 Å². The average Bonchev–Trinajstić information content (AvgIpc) is 3.03. The largest absolute Gasteiger partial charge is 0.496 e. The first-order valence-electron chi connectivity index (χ1n) is 11.0. The second kappa shape index (κ2) is 7.33. The van der Waals surface area contributed by atoms with E-state index in [4.69, 9.17) is 14.0 Å². The van der Waals surface area contributed by atoms with Crippen LogP contribution in [0.3, 0.4) is 0 Å². The van der Waals surface area contributed by atoms with E-state index < -0.39 is 66.1 Å². The Morgan fingerprint density at radius 1 is 1.16 bits per heavy atom. The number of rotatable bonds is 3. The molecule has 0 amide bonds. The van der Waals surface area contributed by atoms with Crippen LogP contribution >= 0.6 is 0 Å². The molecule has 1 aliphatic carbocycles. The number of hydrogen-bond donors (Lipinski definition) is 1. The summed E-state index contributed by atoms with van der Waals surface area (Å²) in [4.78, 5) is 16.6. The van der Waals surface area contributed by atoms with Crippen LogP contribution in [0.2, 0.25) is 0 Å². The van der Waals surface area contributed by atoms with Crippen molar-refractivity contribution >= 4 is 24.6 Å². The molecule has 174 valence electrons. The van der Waals surface area contributed by atoms with E-state index in [1.54, 1.807) is 31.3 Å². The number of halogens is 2. The number of aromatic nitrogens is 1. The van der Waals surface area contributed by atoms with Crippen LogP contribution in [0.4, 0.5) is 8.78 Å². The third-order valence-corrected chi connectivity index (χ3v) is 7.69. The third kappa shape index (κ3) is 3.58. The Morgan fingerprint density at radius 2 is 1.78 bits per heavy atom. The Balaban J connectivity index is 1.55. The molecule has 0 unspecified atom stereocenters. The molecule has 0 radical (unpaired) electrons. The SMILES string of the molecule is C[C@H]1OC(=O)[C@]2(O)CC(F)(F)[C@@H](C)[C@H](/C=C/c3ccc(B4OC(C)(C)C(C)(C)O4)cn3)[C@H]12. The van der Waals surface area contributed by atoms with Gasteiger partial charge in [-0.15, -0.1) is 0 Å². The number of pyridine rings is 1. The number of ether oxygens (including phenoxy) is 1. The maximum Gasteiger partial charge on any atom is 0.496 e. The Labute approximate surface area is 187 Å². The van der Waals surface area contributed by atoms with E-state index in [2.05, 4.69) is 4.98 Å². The number of aliphatic hydroxyl groups is 1. The molecule has 1 aromatic heterocycles. The van der Waals surface area contributed by atoms with Crippen LogP contribution in [0.25, 0.3) is 6.08 Å². The topological polar surface area (TPSA) is 77.9 Å². The Hall–Kier alpha value is -1.84. The molecule has 0 aromatic carbocycles. The highest BCUT2D eigenvalue weighted by atomic mass is 19.3. The number of fused-ring (bicyclic) bond motifs is 1. The van der Waals surface area contributed by atoms with Crippen LogP contribution in [0.15, 0.2) is 24.4 Å². The number of cyclic esters (lactones) is 1. The van der Waals surface area contributed by atoms with E-state index >= 15 is 0 Å². The fraction of sp³-hybridized carbons (Fsp3) is 0.652. The lowest BCUT2D eigenvalue weighted by Gasteiger charge is -2.45. The number of esters is 1. The van der Waals surface area contributed by atoms with Gasteiger partial charge in [0.2, 0.25) is 0 Å². The maximum absolute atomic E-state index is 14.7. The normalized spacial score (nSPS) is 37.5. The van der Waals surface area contributed by atoms with Crippen LogP contribution in [-0.2, 0) is 18.8 Å². The first-order chi connectivity index (χ1) is 14.7. The molecule has 0 spiro atoms. The third-order valence-electron chi connectivity index (χ3n) is 7.69. The van der Waals surface area contributed by atoms with Gasteiger partial charge < -0.3 is 19.2 Å². The zero-order chi connectivity index (χ0) is 23.7. The Morgan fingerprint density at radius 3 is 2.34 bits per heavy atom. The Kier molecular flexibility index (Phi) is 5.35. The maximum atomic E-state index is 14.7. The molecule has 0 bridgehead atoms. The number of nitrogens with zero attached hydrogens (tertiary/aromatic N) is 1. The van der Waals surface area contributed by atoms with Gasteiger partial charge in [-0.2, -0.15) is 0 Å². The van der Waals surface area contributed by atoms with Gasteiger partial charge in [0, 0.05) is 23.5 Å².